The van der Waals surface area contributed by atoms with Crippen molar-refractivity contribution in [2.24, 2.45) is 0 Å². The van der Waals surface area contributed by atoms with Crippen LogP contribution in [0, 0.1) is 11.6 Å². The molecule has 2 aromatic carbocycles. The van der Waals surface area contributed by atoms with Crippen molar-refractivity contribution in [2.75, 3.05) is 20.3 Å². The summed E-state index contributed by atoms with van der Waals surface area (Å²) in [6, 6.07) is 7.91. The Morgan fingerprint density at radius 1 is 0.761 bits per heavy atom. The third-order valence-electron chi connectivity index (χ3n) is 9.33. The van der Waals surface area contributed by atoms with E-state index in [0.29, 0.717) is 25.3 Å². The van der Waals surface area contributed by atoms with Crippen molar-refractivity contribution in [1.29, 1.82) is 0 Å². The van der Waals surface area contributed by atoms with Crippen LogP contribution in [0.2, 0.25) is 0 Å². The number of hydrogen-bond acceptors (Lipinski definition) is 3. The molecule has 3 aromatic rings. The summed E-state index contributed by atoms with van der Waals surface area (Å²) in [4.78, 5) is 0. The van der Waals surface area contributed by atoms with Crippen LogP contribution < -0.4 is 9.47 Å². The summed E-state index contributed by atoms with van der Waals surface area (Å²) in [7, 11) is 1.71. The van der Waals surface area contributed by atoms with Gasteiger partial charge in [-0.25, -0.2) is 13.4 Å². The van der Waals surface area contributed by atoms with Gasteiger partial charge in [0.25, 0.3) is 0 Å². The van der Waals surface area contributed by atoms with Gasteiger partial charge >= 0.3 is 0 Å². The monoisotopic (exact) mass is 636 g/mol. The molecule has 1 aliphatic heterocycles. The minimum atomic E-state index is -0.411. The first kappa shape index (κ1) is 35.7. The first-order chi connectivity index (χ1) is 22.6. The molecule has 0 spiro atoms. The number of benzene rings is 2. The van der Waals surface area contributed by atoms with E-state index in [0.717, 1.165) is 72.3 Å². The van der Waals surface area contributed by atoms with Crippen molar-refractivity contribution in [2.45, 2.75) is 130 Å². The van der Waals surface area contributed by atoms with Crippen LogP contribution in [0.3, 0.4) is 0 Å². The van der Waals surface area contributed by atoms with Crippen LogP contribution in [0.4, 0.5) is 8.78 Å². The maximum atomic E-state index is 14.9. The predicted octanol–water partition coefficient (Wildman–Crippen LogP) is 11.5. The van der Waals surface area contributed by atoms with Crippen molar-refractivity contribution >= 4 is 5.71 Å². The maximum Gasteiger partial charge on any atom is 0.184 e. The van der Waals surface area contributed by atoms with E-state index >= 15 is 0 Å². The standard InChI is InChI=1S/C40H56F2NO3/c1-4-6-8-10-12-13-14-15-17-19-38-36-28-35(31-23-26-45-30-31)39(44-3)40(46-25-18-16-11-9-7-5-2)34(36)22-24-43(38)29-32-27-33(41)20-21-37(32)42/h20-21,23,26-28,30H,4-19,22,24-25,29H2,1-3H3/q+1. The van der Waals surface area contributed by atoms with Gasteiger partial charge in [-0.1, -0.05) is 97.3 Å². The highest BCUT2D eigenvalue weighted by molar-refractivity contribution is 6.01. The Kier molecular flexibility index (Phi) is 15.1. The molecule has 0 aliphatic carbocycles. The van der Waals surface area contributed by atoms with Gasteiger partial charge in [-0.2, -0.15) is 0 Å². The molecule has 0 atom stereocenters. The number of halogens is 2. The van der Waals surface area contributed by atoms with Gasteiger partial charge in [-0.15, -0.1) is 0 Å². The van der Waals surface area contributed by atoms with Gasteiger partial charge in [-0.05, 0) is 43.2 Å². The Bertz CT molecular complexity index is 1370. The third kappa shape index (κ3) is 10.2. The zero-order valence-electron chi connectivity index (χ0n) is 28.6. The molecule has 2 heterocycles. The first-order valence-electron chi connectivity index (χ1n) is 18.0. The van der Waals surface area contributed by atoms with Crippen LogP contribution >= 0.6 is 0 Å². The Morgan fingerprint density at radius 3 is 2.09 bits per heavy atom. The molecule has 0 unspecified atom stereocenters. The van der Waals surface area contributed by atoms with E-state index in [1.54, 1.807) is 19.6 Å². The summed E-state index contributed by atoms with van der Waals surface area (Å²) in [6.07, 6.45) is 23.4. The van der Waals surface area contributed by atoms with Gasteiger partial charge in [0.2, 0.25) is 0 Å². The number of furan rings is 1. The minimum Gasteiger partial charge on any atom is -0.492 e. The molecule has 252 valence electrons. The molecule has 0 bridgehead atoms. The number of nitrogens with zero attached hydrogens (tertiary/aromatic N) is 1. The van der Waals surface area contributed by atoms with Gasteiger partial charge in [0, 0.05) is 35.1 Å². The van der Waals surface area contributed by atoms with E-state index in [4.69, 9.17) is 13.9 Å². The molecule has 1 aliphatic rings. The fourth-order valence-corrected chi connectivity index (χ4v) is 6.72. The van der Waals surface area contributed by atoms with Crippen molar-refractivity contribution in [3.63, 3.8) is 0 Å². The Hall–Kier alpha value is -3.15. The Morgan fingerprint density at radius 2 is 1.43 bits per heavy atom. The molecule has 46 heavy (non-hydrogen) atoms. The zero-order valence-corrected chi connectivity index (χ0v) is 28.6. The van der Waals surface area contributed by atoms with Gasteiger partial charge in [0.15, 0.2) is 23.8 Å². The highest BCUT2D eigenvalue weighted by Gasteiger charge is 2.32. The van der Waals surface area contributed by atoms with Crippen LogP contribution in [0.1, 0.15) is 133 Å². The average molecular weight is 637 g/mol. The molecule has 0 N–H and O–H groups in total. The number of unbranched alkanes of at least 4 members (excludes halogenated alkanes) is 13. The normalized spacial score (nSPS) is 12.9. The van der Waals surface area contributed by atoms with Crippen LogP contribution in [0.25, 0.3) is 11.1 Å². The van der Waals surface area contributed by atoms with E-state index < -0.39 is 5.82 Å². The summed E-state index contributed by atoms with van der Waals surface area (Å²) in [5.41, 5.74) is 5.69. The molecule has 0 saturated carbocycles. The number of hydrogen-bond donors (Lipinski definition) is 0. The van der Waals surface area contributed by atoms with Crippen LogP contribution in [0.15, 0.2) is 47.3 Å². The smallest absolute Gasteiger partial charge is 0.184 e. The number of fused-ring (bicyclic) bond motifs is 1. The lowest BCUT2D eigenvalue weighted by molar-refractivity contribution is -0.546. The number of ether oxygens (including phenoxy) is 2. The topological polar surface area (TPSA) is 34.6 Å². The molecule has 0 saturated heterocycles. The SMILES string of the molecule is CCCCCCCCCCCC1=[N+](Cc2cc(F)ccc2F)CCc2c1cc(-c1ccoc1)c(OC)c2OCCCCCCCC. The van der Waals surface area contributed by atoms with Crippen LogP contribution in [-0.2, 0) is 13.0 Å². The second-order valence-electron chi connectivity index (χ2n) is 12.9. The van der Waals surface area contributed by atoms with E-state index in [1.165, 1.54) is 94.5 Å². The molecule has 6 heteroatoms. The maximum absolute atomic E-state index is 14.9. The number of rotatable bonds is 22. The summed E-state index contributed by atoms with van der Waals surface area (Å²) in [6.45, 7) is 6.16. The van der Waals surface area contributed by atoms with Crippen LogP contribution in [0.5, 0.6) is 11.5 Å². The van der Waals surface area contributed by atoms with Crippen molar-refractivity contribution in [1.82, 2.24) is 0 Å². The quantitative estimate of drug-likeness (QED) is 0.0813. The highest BCUT2D eigenvalue weighted by atomic mass is 19.1. The van der Waals surface area contributed by atoms with E-state index in [1.807, 2.05) is 6.07 Å². The summed E-state index contributed by atoms with van der Waals surface area (Å²) in [5, 5.41) is 0. The fraction of sp³-hybridized carbons (Fsp3) is 0.575. The Labute approximate surface area is 276 Å². The molecule has 4 rings (SSSR count). The van der Waals surface area contributed by atoms with Crippen molar-refractivity contribution in [3.8, 4) is 22.6 Å². The second-order valence-corrected chi connectivity index (χ2v) is 12.9. The highest BCUT2D eigenvalue weighted by Crippen LogP contribution is 2.44. The molecule has 4 nitrogen and oxygen atoms in total. The Balaban J connectivity index is 1.64. The van der Waals surface area contributed by atoms with Crippen molar-refractivity contribution in [3.05, 3.63) is 71.2 Å². The summed E-state index contributed by atoms with van der Waals surface area (Å²) < 4.78 is 49.5. The van der Waals surface area contributed by atoms with Gasteiger partial charge < -0.3 is 13.9 Å². The molecular formula is C40H56F2NO3+. The minimum absolute atomic E-state index is 0.330. The van der Waals surface area contributed by atoms with Crippen LogP contribution in [-0.4, -0.2) is 30.5 Å². The lowest BCUT2D eigenvalue weighted by atomic mass is 9.88. The van der Waals surface area contributed by atoms with Gasteiger partial charge in [0.05, 0.1) is 31.8 Å². The molecule has 0 radical (unpaired) electrons. The van der Waals surface area contributed by atoms with Gasteiger partial charge in [0.1, 0.15) is 18.2 Å². The average Bonchev–Trinajstić information content (AvgIpc) is 3.60. The lowest BCUT2D eigenvalue weighted by Crippen LogP contribution is -2.31. The molecule has 1 aromatic heterocycles. The van der Waals surface area contributed by atoms with E-state index in [2.05, 4.69) is 24.5 Å². The van der Waals surface area contributed by atoms with E-state index in [9.17, 15) is 8.78 Å². The van der Waals surface area contributed by atoms with E-state index in [-0.39, 0.29) is 5.82 Å². The second kappa shape index (κ2) is 19.5. The molecular weight excluding hydrogens is 580 g/mol. The summed E-state index contributed by atoms with van der Waals surface area (Å²) >= 11 is 0. The zero-order chi connectivity index (χ0) is 32.6. The van der Waals surface area contributed by atoms with Gasteiger partial charge in [-0.3, -0.25) is 0 Å². The molecule has 0 amide bonds. The first-order valence-corrected chi connectivity index (χ1v) is 18.0. The lowest BCUT2D eigenvalue weighted by Gasteiger charge is -2.25. The molecule has 0 fully saturated rings. The third-order valence-corrected chi connectivity index (χ3v) is 9.33. The largest absolute Gasteiger partial charge is 0.492 e. The summed E-state index contributed by atoms with van der Waals surface area (Å²) in [5.74, 6) is 0.766. The number of methoxy groups -OCH3 is 1. The van der Waals surface area contributed by atoms with Crippen molar-refractivity contribution < 1.29 is 27.2 Å². The fourth-order valence-electron chi connectivity index (χ4n) is 6.72. The predicted molar refractivity (Wildman–Crippen MR) is 184 cm³/mol.